The molecule has 0 spiro atoms. The lowest BCUT2D eigenvalue weighted by molar-refractivity contribution is -0.109. The van der Waals surface area contributed by atoms with E-state index < -0.39 is 0 Å². The number of thioether (sulfide) groups is 1. The fourth-order valence-corrected chi connectivity index (χ4v) is 2.54. The topological polar surface area (TPSA) is 40.6 Å². The summed E-state index contributed by atoms with van der Waals surface area (Å²) in [6.07, 6.45) is 2.98. The number of carbonyl (C=O) groups excluding carboxylic acids is 2. The third kappa shape index (κ3) is 9.32. The third-order valence-corrected chi connectivity index (χ3v) is 3.50. The van der Waals surface area contributed by atoms with Crippen molar-refractivity contribution in [2.75, 3.05) is 44.4 Å². The molecular weight excluding hydrogens is 236 g/mol. The zero-order valence-electron chi connectivity index (χ0n) is 10.9. The molecular formula is C12H24N2O2S. The largest absolute Gasteiger partial charge is 0.302 e. The molecule has 0 unspecified atom stereocenters. The Hall–Kier alpha value is -0.390. The molecule has 0 bridgehead atoms. The molecule has 0 radical (unpaired) electrons. The van der Waals surface area contributed by atoms with Gasteiger partial charge in [-0.2, -0.15) is 0 Å². The summed E-state index contributed by atoms with van der Waals surface area (Å²) in [6.45, 7) is 8.03. The number of aldehydes is 2. The fraction of sp³-hybridized carbons (Fsp3) is 0.833. The van der Waals surface area contributed by atoms with Crippen LogP contribution in [0.15, 0.2) is 0 Å². The molecule has 0 fully saturated rings. The number of hydrogen-bond donors (Lipinski definition) is 0. The first-order valence-electron chi connectivity index (χ1n) is 6.18. The van der Waals surface area contributed by atoms with E-state index in [1.54, 1.807) is 0 Å². The van der Waals surface area contributed by atoms with Gasteiger partial charge in [0.2, 0.25) is 0 Å². The van der Waals surface area contributed by atoms with Crippen LogP contribution in [-0.2, 0) is 9.59 Å². The maximum atomic E-state index is 10.5. The lowest BCUT2D eigenvalue weighted by atomic mass is 10.4. The van der Waals surface area contributed by atoms with Crippen molar-refractivity contribution >= 4 is 24.3 Å². The minimum Gasteiger partial charge on any atom is -0.302 e. The zero-order valence-corrected chi connectivity index (χ0v) is 11.7. The van der Waals surface area contributed by atoms with E-state index >= 15 is 0 Å². The van der Waals surface area contributed by atoms with Gasteiger partial charge in [-0.3, -0.25) is 9.80 Å². The molecule has 17 heavy (non-hydrogen) atoms. The normalized spacial score (nSPS) is 11.1. The van der Waals surface area contributed by atoms with Gasteiger partial charge in [0.15, 0.2) is 0 Å². The van der Waals surface area contributed by atoms with Crippen molar-refractivity contribution in [3.05, 3.63) is 0 Å². The van der Waals surface area contributed by atoms with Crippen LogP contribution in [0, 0.1) is 0 Å². The first-order valence-corrected chi connectivity index (χ1v) is 7.33. The molecule has 0 heterocycles. The van der Waals surface area contributed by atoms with Crippen LogP contribution in [0.2, 0.25) is 0 Å². The van der Waals surface area contributed by atoms with Crippen LogP contribution in [-0.4, -0.2) is 66.7 Å². The first kappa shape index (κ1) is 16.6. The van der Waals surface area contributed by atoms with Crippen LogP contribution < -0.4 is 0 Å². The second kappa shape index (κ2) is 12.1. The maximum Gasteiger partial charge on any atom is 0.134 e. The molecule has 0 rings (SSSR count). The minimum atomic E-state index is 0.510. The van der Waals surface area contributed by atoms with E-state index in [-0.39, 0.29) is 0 Å². The first-order chi connectivity index (χ1) is 8.28. The molecule has 0 N–H and O–H groups in total. The number of hydrogen-bond acceptors (Lipinski definition) is 5. The molecule has 0 aromatic rings. The summed E-state index contributed by atoms with van der Waals surface area (Å²) < 4.78 is 0. The average Bonchev–Trinajstić information content (AvgIpc) is 2.33. The lowest BCUT2D eigenvalue weighted by Crippen LogP contribution is -2.30. The fourth-order valence-electron chi connectivity index (χ4n) is 1.48. The van der Waals surface area contributed by atoms with Gasteiger partial charge >= 0.3 is 0 Å². The number of likely N-dealkylation sites (N-methyl/N-ethyl adjacent to an activating group) is 1. The minimum absolute atomic E-state index is 0.510. The molecule has 0 amide bonds. The highest BCUT2D eigenvalue weighted by Crippen LogP contribution is 2.04. The Balaban J connectivity index is 3.64. The van der Waals surface area contributed by atoms with Crippen molar-refractivity contribution in [3.8, 4) is 0 Å². The third-order valence-electron chi connectivity index (χ3n) is 2.48. The van der Waals surface area contributed by atoms with Gasteiger partial charge in [-0.15, -0.1) is 11.8 Å². The SMILES string of the molecule is CCCN(CC=O)CCSCN(CC)CC=O. The quantitative estimate of drug-likeness (QED) is 0.299. The number of rotatable bonds is 12. The van der Waals surface area contributed by atoms with E-state index in [4.69, 9.17) is 0 Å². The second-order valence-electron chi connectivity index (χ2n) is 3.84. The van der Waals surface area contributed by atoms with Crippen LogP contribution in [0.3, 0.4) is 0 Å². The van der Waals surface area contributed by atoms with Crippen molar-refractivity contribution in [2.24, 2.45) is 0 Å². The Morgan fingerprint density at radius 3 is 2.18 bits per heavy atom. The van der Waals surface area contributed by atoms with E-state index in [0.717, 1.165) is 50.3 Å². The molecule has 4 nitrogen and oxygen atoms in total. The summed E-state index contributed by atoms with van der Waals surface area (Å²) in [7, 11) is 0. The van der Waals surface area contributed by atoms with Gasteiger partial charge in [0.25, 0.3) is 0 Å². The van der Waals surface area contributed by atoms with Gasteiger partial charge in [0, 0.05) is 18.2 Å². The van der Waals surface area contributed by atoms with Crippen LogP contribution in [0.4, 0.5) is 0 Å². The summed E-state index contributed by atoms with van der Waals surface area (Å²) in [5, 5.41) is 0. The van der Waals surface area contributed by atoms with Crippen LogP contribution >= 0.6 is 11.8 Å². The van der Waals surface area contributed by atoms with Crippen LogP contribution in [0.5, 0.6) is 0 Å². The Labute approximate surface area is 109 Å². The van der Waals surface area contributed by atoms with E-state index in [0.29, 0.717) is 13.1 Å². The van der Waals surface area contributed by atoms with Gasteiger partial charge in [0.05, 0.1) is 13.1 Å². The van der Waals surface area contributed by atoms with E-state index in [9.17, 15) is 9.59 Å². The Kier molecular flexibility index (Phi) is 11.8. The molecule has 0 aromatic heterocycles. The molecule has 0 aliphatic carbocycles. The van der Waals surface area contributed by atoms with Crippen molar-refractivity contribution in [1.82, 2.24) is 9.80 Å². The summed E-state index contributed by atoms with van der Waals surface area (Å²) >= 11 is 1.82. The summed E-state index contributed by atoms with van der Waals surface area (Å²) in [4.78, 5) is 25.1. The highest BCUT2D eigenvalue weighted by atomic mass is 32.2. The maximum absolute atomic E-state index is 10.5. The van der Waals surface area contributed by atoms with E-state index in [1.807, 2.05) is 11.8 Å². The molecule has 0 atom stereocenters. The predicted octanol–water partition coefficient (Wildman–Crippen LogP) is 1.11. The standard InChI is InChI=1S/C12H24N2O2S/c1-3-5-14(7-10-16)8-11-17-12-13(4-2)6-9-15/h9-10H,3-8,11-12H2,1-2H3. The average molecular weight is 260 g/mol. The van der Waals surface area contributed by atoms with Gasteiger partial charge in [-0.25, -0.2) is 0 Å². The Bertz CT molecular complexity index is 203. The molecule has 0 saturated heterocycles. The molecule has 0 aliphatic heterocycles. The molecule has 0 aromatic carbocycles. The van der Waals surface area contributed by atoms with Crippen molar-refractivity contribution in [3.63, 3.8) is 0 Å². The second-order valence-corrected chi connectivity index (χ2v) is 4.92. The Morgan fingerprint density at radius 2 is 1.65 bits per heavy atom. The summed E-state index contributed by atoms with van der Waals surface area (Å²) in [5.41, 5.74) is 0. The highest BCUT2D eigenvalue weighted by Gasteiger charge is 2.04. The molecule has 100 valence electrons. The van der Waals surface area contributed by atoms with Gasteiger partial charge < -0.3 is 9.59 Å². The smallest absolute Gasteiger partial charge is 0.134 e. The number of nitrogens with zero attached hydrogens (tertiary/aromatic N) is 2. The van der Waals surface area contributed by atoms with Crippen molar-refractivity contribution in [1.29, 1.82) is 0 Å². The monoisotopic (exact) mass is 260 g/mol. The zero-order chi connectivity index (χ0) is 12.9. The molecule has 5 heteroatoms. The summed E-state index contributed by atoms with van der Waals surface area (Å²) in [5.74, 6) is 1.89. The van der Waals surface area contributed by atoms with Crippen LogP contribution in [0.1, 0.15) is 20.3 Å². The van der Waals surface area contributed by atoms with E-state index in [2.05, 4.69) is 23.6 Å². The van der Waals surface area contributed by atoms with Crippen LogP contribution in [0.25, 0.3) is 0 Å². The predicted molar refractivity (Wildman–Crippen MR) is 73.4 cm³/mol. The van der Waals surface area contributed by atoms with Crippen molar-refractivity contribution in [2.45, 2.75) is 20.3 Å². The Morgan fingerprint density at radius 1 is 1.00 bits per heavy atom. The molecule has 0 saturated carbocycles. The van der Waals surface area contributed by atoms with Gasteiger partial charge in [-0.05, 0) is 19.5 Å². The highest BCUT2D eigenvalue weighted by molar-refractivity contribution is 7.99. The van der Waals surface area contributed by atoms with E-state index in [1.165, 1.54) is 0 Å². The van der Waals surface area contributed by atoms with Gasteiger partial charge in [0.1, 0.15) is 12.6 Å². The van der Waals surface area contributed by atoms with Crippen molar-refractivity contribution < 1.29 is 9.59 Å². The molecule has 0 aliphatic rings. The van der Waals surface area contributed by atoms with Gasteiger partial charge in [-0.1, -0.05) is 13.8 Å². The summed E-state index contributed by atoms with van der Waals surface area (Å²) in [6, 6.07) is 0. The lowest BCUT2D eigenvalue weighted by Gasteiger charge is -2.20. The number of carbonyl (C=O) groups is 2.